The molecular weight excluding hydrogens is 262 g/mol. The van der Waals surface area contributed by atoms with E-state index in [2.05, 4.69) is 36.1 Å². The fraction of sp³-hybridized carbons (Fsp3) is 0.941. The molecule has 2 aliphatic rings. The van der Waals surface area contributed by atoms with Crippen LogP contribution in [0, 0.1) is 5.92 Å². The lowest BCUT2D eigenvalue weighted by Gasteiger charge is -2.43. The first kappa shape index (κ1) is 16.8. The summed E-state index contributed by atoms with van der Waals surface area (Å²) < 4.78 is 0. The third kappa shape index (κ3) is 4.43. The van der Waals surface area contributed by atoms with Crippen LogP contribution in [0.25, 0.3) is 0 Å². The summed E-state index contributed by atoms with van der Waals surface area (Å²) in [6, 6.07) is 0. The Morgan fingerprint density at radius 1 is 1.14 bits per heavy atom. The molecule has 1 aliphatic carbocycles. The monoisotopic (exact) mass is 295 g/mol. The van der Waals surface area contributed by atoms with E-state index in [1.807, 2.05) is 0 Å². The topological polar surface area (TPSA) is 35.6 Å². The Labute approximate surface area is 130 Å². The molecule has 2 fully saturated rings. The Bertz CT molecular complexity index is 331. The standard InChI is InChI=1S/C17H33N3O/c1-15(13-20-11-7-8-12-20)16(21)18-14-17(19(2)3)9-5-4-6-10-17/h15H,4-14H2,1-3H3,(H,18,21). The Kier molecular flexibility index (Phi) is 6.06. The summed E-state index contributed by atoms with van der Waals surface area (Å²) in [4.78, 5) is 17.1. The second-order valence-electron chi connectivity index (χ2n) is 7.31. The van der Waals surface area contributed by atoms with Crippen LogP contribution in [0.5, 0.6) is 0 Å². The SMILES string of the molecule is CC(CN1CCCC1)C(=O)NCC1(N(C)C)CCCCC1. The molecule has 1 saturated heterocycles. The lowest BCUT2D eigenvalue weighted by molar-refractivity contribution is -0.125. The summed E-state index contributed by atoms with van der Waals surface area (Å²) in [7, 11) is 4.32. The largest absolute Gasteiger partial charge is 0.354 e. The van der Waals surface area contributed by atoms with Crippen molar-refractivity contribution in [2.24, 2.45) is 5.92 Å². The average Bonchev–Trinajstić information content (AvgIpc) is 2.98. The predicted octanol–water partition coefficient (Wildman–Crippen LogP) is 2.10. The summed E-state index contributed by atoms with van der Waals surface area (Å²) in [6.07, 6.45) is 8.92. The van der Waals surface area contributed by atoms with E-state index in [4.69, 9.17) is 0 Å². The molecule has 1 saturated carbocycles. The van der Waals surface area contributed by atoms with E-state index in [1.54, 1.807) is 0 Å². The lowest BCUT2D eigenvalue weighted by Crippen LogP contribution is -2.54. The average molecular weight is 295 g/mol. The van der Waals surface area contributed by atoms with Crippen LogP contribution in [0.1, 0.15) is 51.9 Å². The zero-order chi connectivity index (χ0) is 15.3. The lowest BCUT2D eigenvalue weighted by atomic mass is 9.80. The second kappa shape index (κ2) is 7.59. The molecule has 1 aliphatic heterocycles. The number of carbonyl (C=O) groups excluding carboxylic acids is 1. The minimum absolute atomic E-state index is 0.103. The molecule has 1 N–H and O–H groups in total. The number of rotatable bonds is 6. The van der Waals surface area contributed by atoms with Crippen molar-refractivity contribution in [3.63, 3.8) is 0 Å². The van der Waals surface area contributed by atoms with Crippen molar-refractivity contribution < 1.29 is 4.79 Å². The highest BCUT2D eigenvalue weighted by Crippen LogP contribution is 2.31. The van der Waals surface area contributed by atoms with E-state index in [1.165, 1.54) is 58.0 Å². The van der Waals surface area contributed by atoms with Crippen LogP contribution in [0.3, 0.4) is 0 Å². The van der Waals surface area contributed by atoms with E-state index >= 15 is 0 Å². The highest BCUT2D eigenvalue weighted by atomic mass is 16.1. The van der Waals surface area contributed by atoms with Crippen LogP contribution < -0.4 is 5.32 Å². The minimum Gasteiger partial charge on any atom is -0.354 e. The van der Waals surface area contributed by atoms with Gasteiger partial charge in [0.05, 0.1) is 0 Å². The maximum atomic E-state index is 12.4. The molecule has 1 unspecified atom stereocenters. The van der Waals surface area contributed by atoms with Gasteiger partial charge in [-0.3, -0.25) is 4.79 Å². The van der Waals surface area contributed by atoms with Gasteiger partial charge in [0.1, 0.15) is 0 Å². The Morgan fingerprint density at radius 3 is 2.33 bits per heavy atom. The number of amides is 1. The fourth-order valence-corrected chi connectivity index (χ4v) is 3.85. The molecule has 21 heavy (non-hydrogen) atoms. The first-order chi connectivity index (χ1) is 10.0. The van der Waals surface area contributed by atoms with Crippen LogP contribution in [0.2, 0.25) is 0 Å². The normalized spacial score (nSPS) is 24.2. The number of hydrogen-bond acceptors (Lipinski definition) is 3. The summed E-state index contributed by atoms with van der Waals surface area (Å²) in [6.45, 7) is 6.12. The van der Waals surface area contributed by atoms with Gasteiger partial charge in [-0.2, -0.15) is 0 Å². The van der Waals surface area contributed by atoms with E-state index in [-0.39, 0.29) is 17.4 Å². The molecule has 122 valence electrons. The van der Waals surface area contributed by atoms with Gasteiger partial charge in [-0.1, -0.05) is 26.2 Å². The van der Waals surface area contributed by atoms with Crippen molar-refractivity contribution in [2.45, 2.75) is 57.4 Å². The zero-order valence-corrected chi connectivity index (χ0v) is 14.2. The fourth-order valence-electron chi connectivity index (χ4n) is 3.85. The molecule has 4 heteroatoms. The van der Waals surface area contributed by atoms with Gasteiger partial charge >= 0.3 is 0 Å². The van der Waals surface area contributed by atoms with Gasteiger partial charge in [0, 0.05) is 24.5 Å². The van der Waals surface area contributed by atoms with Gasteiger partial charge in [-0.15, -0.1) is 0 Å². The van der Waals surface area contributed by atoms with Gasteiger partial charge in [0.2, 0.25) is 5.91 Å². The molecule has 0 aromatic rings. The highest BCUT2D eigenvalue weighted by molar-refractivity contribution is 5.78. The van der Waals surface area contributed by atoms with Crippen molar-refractivity contribution >= 4 is 5.91 Å². The number of nitrogens with one attached hydrogen (secondary N) is 1. The maximum Gasteiger partial charge on any atom is 0.224 e. The number of likely N-dealkylation sites (tertiary alicyclic amines) is 1. The summed E-state index contributed by atoms with van der Waals surface area (Å²) >= 11 is 0. The van der Waals surface area contributed by atoms with Crippen LogP contribution in [-0.2, 0) is 4.79 Å². The number of likely N-dealkylation sites (N-methyl/N-ethyl adjacent to an activating group) is 1. The molecule has 1 atom stereocenters. The van der Waals surface area contributed by atoms with Crippen molar-refractivity contribution in [3.05, 3.63) is 0 Å². The molecular formula is C17H33N3O. The molecule has 0 radical (unpaired) electrons. The van der Waals surface area contributed by atoms with Crippen molar-refractivity contribution in [1.82, 2.24) is 15.1 Å². The quantitative estimate of drug-likeness (QED) is 0.815. The molecule has 2 rings (SSSR count). The Balaban J connectivity index is 1.80. The molecule has 4 nitrogen and oxygen atoms in total. The van der Waals surface area contributed by atoms with E-state index in [0.29, 0.717) is 0 Å². The van der Waals surface area contributed by atoms with Crippen LogP contribution >= 0.6 is 0 Å². The van der Waals surface area contributed by atoms with Crippen LogP contribution in [-0.4, -0.2) is 61.5 Å². The molecule has 0 spiro atoms. The van der Waals surface area contributed by atoms with Crippen molar-refractivity contribution in [3.8, 4) is 0 Å². The number of hydrogen-bond donors (Lipinski definition) is 1. The first-order valence-corrected chi connectivity index (χ1v) is 8.71. The van der Waals surface area contributed by atoms with E-state index < -0.39 is 0 Å². The molecule has 0 aromatic heterocycles. The molecule has 0 bridgehead atoms. The second-order valence-corrected chi connectivity index (χ2v) is 7.31. The predicted molar refractivity (Wildman–Crippen MR) is 87.4 cm³/mol. The van der Waals surface area contributed by atoms with E-state index in [9.17, 15) is 4.79 Å². The van der Waals surface area contributed by atoms with Crippen LogP contribution in [0.4, 0.5) is 0 Å². The smallest absolute Gasteiger partial charge is 0.224 e. The number of nitrogens with zero attached hydrogens (tertiary/aromatic N) is 2. The van der Waals surface area contributed by atoms with Crippen molar-refractivity contribution in [2.75, 3.05) is 40.3 Å². The maximum absolute atomic E-state index is 12.4. The summed E-state index contributed by atoms with van der Waals surface area (Å²) in [5.41, 5.74) is 0.182. The third-order valence-electron chi connectivity index (χ3n) is 5.50. The highest BCUT2D eigenvalue weighted by Gasteiger charge is 2.34. The van der Waals surface area contributed by atoms with Gasteiger partial charge in [-0.25, -0.2) is 0 Å². The van der Waals surface area contributed by atoms with Gasteiger partial charge in [0.15, 0.2) is 0 Å². The van der Waals surface area contributed by atoms with Crippen molar-refractivity contribution in [1.29, 1.82) is 0 Å². The first-order valence-electron chi connectivity index (χ1n) is 8.71. The summed E-state index contributed by atoms with van der Waals surface area (Å²) in [5.74, 6) is 0.333. The Hall–Kier alpha value is -0.610. The van der Waals surface area contributed by atoms with Gasteiger partial charge < -0.3 is 15.1 Å². The molecule has 1 heterocycles. The van der Waals surface area contributed by atoms with Crippen LogP contribution in [0.15, 0.2) is 0 Å². The third-order valence-corrected chi connectivity index (χ3v) is 5.50. The molecule has 0 aromatic carbocycles. The van der Waals surface area contributed by atoms with Gasteiger partial charge in [-0.05, 0) is 52.9 Å². The molecule has 1 amide bonds. The number of carbonyl (C=O) groups is 1. The minimum atomic E-state index is 0.103. The zero-order valence-electron chi connectivity index (χ0n) is 14.2. The summed E-state index contributed by atoms with van der Waals surface area (Å²) in [5, 5.41) is 3.24. The Morgan fingerprint density at radius 2 is 1.76 bits per heavy atom. The van der Waals surface area contributed by atoms with E-state index in [0.717, 1.165) is 13.1 Å². The van der Waals surface area contributed by atoms with Gasteiger partial charge in [0.25, 0.3) is 0 Å².